The van der Waals surface area contributed by atoms with Crippen LogP contribution in [0.25, 0.3) is 11.3 Å². The molecule has 0 bridgehead atoms. The number of amides is 2. The molecule has 29 heavy (non-hydrogen) atoms. The molecule has 1 saturated heterocycles. The van der Waals surface area contributed by atoms with Crippen LogP contribution < -0.4 is 11.1 Å². The fraction of sp³-hybridized carbons (Fsp3) is 0.476. The van der Waals surface area contributed by atoms with E-state index >= 15 is 0 Å². The molecule has 0 radical (unpaired) electrons. The minimum atomic E-state index is -0.656. The third-order valence-electron chi connectivity index (χ3n) is 6.47. The minimum Gasteiger partial charge on any atom is -0.351 e. The Bertz CT molecular complexity index is 932. The number of aromatic nitrogens is 2. The van der Waals surface area contributed by atoms with Gasteiger partial charge in [0.05, 0.1) is 17.0 Å². The number of hydrogen-bond acceptors (Lipinski definition) is 4. The van der Waals surface area contributed by atoms with Crippen LogP contribution in [0.5, 0.6) is 0 Å². The van der Waals surface area contributed by atoms with Crippen LogP contribution in [-0.2, 0) is 5.41 Å². The van der Waals surface area contributed by atoms with E-state index in [1.807, 2.05) is 0 Å². The molecule has 0 unspecified atom stereocenters. The summed E-state index contributed by atoms with van der Waals surface area (Å²) in [6.45, 7) is 5.91. The number of benzene rings is 1. The first-order valence-corrected chi connectivity index (χ1v) is 9.91. The number of nitrogens with two attached hydrogens (primary N) is 1. The average Bonchev–Trinajstić information content (AvgIpc) is 2.71. The molecule has 2 aromatic rings. The van der Waals surface area contributed by atoms with Crippen LogP contribution in [0.3, 0.4) is 0 Å². The Morgan fingerprint density at radius 2 is 2.03 bits per heavy atom. The highest BCUT2D eigenvalue weighted by Crippen LogP contribution is 2.44. The van der Waals surface area contributed by atoms with E-state index < -0.39 is 17.7 Å². The molecular weight excluding hydrogens is 376 g/mol. The fourth-order valence-electron chi connectivity index (χ4n) is 4.60. The molecule has 2 amide bonds. The molecule has 2 aliphatic rings. The molecular formula is C21H25F2N5O. The molecule has 3 N–H and O–H groups in total. The second-order valence-electron chi connectivity index (χ2n) is 8.28. The van der Waals surface area contributed by atoms with E-state index in [1.165, 1.54) is 18.2 Å². The van der Waals surface area contributed by atoms with Crippen molar-refractivity contribution in [1.29, 1.82) is 0 Å². The number of nitrogens with zero attached hydrogens (tertiary/aromatic N) is 3. The van der Waals surface area contributed by atoms with Crippen LogP contribution in [-0.4, -0.2) is 46.8 Å². The summed E-state index contributed by atoms with van der Waals surface area (Å²) in [6, 6.07) is 5.08. The predicted molar refractivity (Wildman–Crippen MR) is 105 cm³/mol. The SMILES string of the molecule is C[C@H]1CC[C@](C)([C@@H]2CN(C(N)=O)CCN2)c2nnc(-c3c(F)cccc3F)cc21. The van der Waals surface area contributed by atoms with Gasteiger partial charge in [-0.1, -0.05) is 19.9 Å². The largest absolute Gasteiger partial charge is 0.351 e. The summed E-state index contributed by atoms with van der Waals surface area (Å²) in [5.74, 6) is -1.12. The lowest BCUT2D eigenvalue weighted by Crippen LogP contribution is -2.61. The lowest BCUT2D eigenvalue weighted by Gasteiger charge is -2.46. The van der Waals surface area contributed by atoms with E-state index in [1.54, 1.807) is 11.0 Å². The van der Waals surface area contributed by atoms with Crippen LogP contribution in [0.15, 0.2) is 24.3 Å². The monoisotopic (exact) mass is 401 g/mol. The summed E-state index contributed by atoms with van der Waals surface area (Å²) in [4.78, 5) is 13.3. The molecule has 154 valence electrons. The average molecular weight is 401 g/mol. The Morgan fingerprint density at radius 3 is 2.72 bits per heavy atom. The van der Waals surface area contributed by atoms with Gasteiger partial charge in [0, 0.05) is 31.1 Å². The lowest BCUT2D eigenvalue weighted by molar-refractivity contribution is 0.149. The maximum Gasteiger partial charge on any atom is 0.314 e. The molecule has 2 heterocycles. The van der Waals surface area contributed by atoms with Crippen molar-refractivity contribution in [3.63, 3.8) is 0 Å². The predicted octanol–water partition coefficient (Wildman–Crippen LogP) is 2.93. The van der Waals surface area contributed by atoms with Gasteiger partial charge in [0.1, 0.15) is 11.6 Å². The zero-order valence-corrected chi connectivity index (χ0v) is 16.6. The van der Waals surface area contributed by atoms with Crippen molar-refractivity contribution < 1.29 is 13.6 Å². The Balaban J connectivity index is 1.76. The lowest BCUT2D eigenvalue weighted by atomic mass is 9.66. The fourth-order valence-corrected chi connectivity index (χ4v) is 4.60. The van der Waals surface area contributed by atoms with E-state index in [4.69, 9.17) is 5.73 Å². The topological polar surface area (TPSA) is 84.1 Å². The van der Waals surface area contributed by atoms with Crippen molar-refractivity contribution in [3.8, 4) is 11.3 Å². The quantitative estimate of drug-likeness (QED) is 0.810. The first-order valence-electron chi connectivity index (χ1n) is 9.91. The van der Waals surface area contributed by atoms with Gasteiger partial charge in [0.15, 0.2) is 0 Å². The summed E-state index contributed by atoms with van der Waals surface area (Å²) >= 11 is 0. The summed E-state index contributed by atoms with van der Waals surface area (Å²) in [5.41, 5.74) is 6.94. The highest BCUT2D eigenvalue weighted by Gasteiger charge is 2.45. The smallest absolute Gasteiger partial charge is 0.314 e. The summed E-state index contributed by atoms with van der Waals surface area (Å²) in [6.07, 6.45) is 1.77. The Kier molecular flexibility index (Phi) is 4.98. The van der Waals surface area contributed by atoms with Gasteiger partial charge in [-0.05, 0) is 42.5 Å². The summed E-state index contributed by atoms with van der Waals surface area (Å²) < 4.78 is 28.5. The molecule has 1 aliphatic heterocycles. The number of nitrogens with one attached hydrogen (secondary N) is 1. The van der Waals surface area contributed by atoms with Crippen LogP contribution >= 0.6 is 0 Å². The van der Waals surface area contributed by atoms with Crippen molar-refractivity contribution in [1.82, 2.24) is 20.4 Å². The summed E-state index contributed by atoms with van der Waals surface area (Å²) in [7, 11) is 0. The molecule has 4 rings (SSSR count). The number of fused-ring (bicyclic) bond motifs is 1. The number of rotatable bonds is 2. The van der Waals surface area contributed by atoms with Gasteiger partial charge in [-0.25, -0.2) is 13.6 Å². The maximum atomic E-state index is 14.3. The number of carbonyl (C=O) groups excluding carboxylic acids is 1. The van der Waals surface area contributed by atoms with Gasteiger partial charge < -0.3 is 16.0 Å². The van der Waals surface area contributed by atoms with E-state index in [9.17, 15) is 13.6 Å². The molecule has 0 saturated carbocycles. The number of urea groups is 1. The molecule has 1 aromatic heterocycles. The van der Waals surface area contributed by atoms with Gasteiger partial charge in [0.25, 0.3) is 0 Å². The van der Waals surface area contributed by atoms with Crippen molar-refractivity contribution >= 4 is 6.03 Å². The van der Waals surface area contributed by atoms with Gasteiger partial charge in [0.2, 0.25) is 0 Å². The molecule has 0 spiro atoms. The third kappa shape index (κ3) is 3.35. The molecule has 3 atom stereocenters. The maximum absolute atomic E-state index is 14.3. The van der Waals surface area contributed by atoms with Crippen LogP contribution in [0.1, 0.15) is 43.9 Å². The highest BCUT2D eigenvalue weighted by atomic mass is 19.1. The molecule has 6 nitrogen and oxygen atoms in total. The zero-order chi connectivity index (χ0) is 20.8. The van der Waals surface area contributed by atoms with Crippen LogP contribution in [0, 0.1) is 11.6 Å². The number of piperazine rings is 1. The minimum absolute atomic E-state index is 0.0275. The Hall–Kier alpha value is -2.61. The zero-order valence-electron chi connectivity index (χ0n) is 16.6. The number of primary amides is 1. The molecule has 1 fully saturated rings. The second kappa shape index (κ2) is 7.33. The second-order valence-corrected chi connectivity index (χ2v) is 8.28. The number of carbonyl (C=O) groups is 1. The Morgan fingerprint density at radius 1 is 1.31 bits per heavy atom. The number of halogens is 2. The number of hydrogen-bond donors (Lipinski definition) is 2. The third-order valence-corrected chi connectivity index (χ3v) is 6.47. The normalized spacial score (nSPS) is 26.8. The van der Waals surface area contributed by atoms with Gasteiger partial charge >= 0.3 is 6.03 Å². The van der Waals surface area contributed by atoms with Crippen molar-refractivity contribution in [3.05, 3.63) is 47.2 Å². The van der Waals surface area contributed by atoms with Crippen molar-refractivity contribution in [2.75, 3.05) is 19.6 Å². The first-order chi connectivity index (χ1) is 13.8. The van der Waals surface area contributed by atoms with E-state index in [-0.39, 0.29) is 28.6 Å². The van der Waals surface area contributed by atoms with Crippen LogP contribution in [0.4, 0.5) is 13.6 Å². The van der Waals surface area contributed by atoms with E-state index in [0.717, 1.165) is 24.1 Å². The molecule has 1 aromatic carbocycles. The van der Waals surface area contributed by atoms with Gasteiger partial charge in [-0.3, -0.25) is 0 Å². The van der Waals surface area contributed by atoms with Gasteiger partial charge in [-0.15, -0.1) is 0 Å². The Labute approximate surface area is 168 Å². The van der Waals surface area contributed by atoms with E-state index in [0.29, 0.717) is 19.6 Å². The van der Waals surface area contributed by atoms with Gasteiger partial charge in [-0.2, -0.15) is 10.2 Å². The highest BCUT2D eigenvalue weighted by molar-refractivity contribution is 5.72. The van der Waals surface area contributed by atoms with Crippen molar-refractivity contribution in [2.24, 2.45) is 5.73 Å². The van der Waals surface area contributed by atoms with Crippen molar-refractivity contribution in [2.45, 2.75) is 44.1 Å². The standard InChI is InChI=1S/C21H25F2N5O/c1-12-6-7-21(2,17-11-28(20(24)29)9-8-25-17)19-13(12)10-16(26-27-19)18-14(22)4-3-5-15(18)23/h3-5,10,12,17,25H,6-9,11H2,1-2H3,(H2,24,29)/t12-,17-,21+/m0/s1. The summed E-state index contributed by atoms with van der Waals surface area (Å²) in [5, 5.41) is 12.2. The first kappa shape index (κ1) is 19.7. The van der Waals surface area contributed by atoms with Crippen LogP contribution in [0.2, 0.25) is 0 Å². The molecule has 8 heteroatoms. The van der Waals surface area contributed by atoms with E-state index in [2.05, 4.69) is 29.4 Å². The molecule has 1 aliphatic carbocycles.